The fourth-order valence-electron chi connectivity index (χ4n) is 1.52. The molecular formula is C12H18N4O2. The minimum absolute atomic E-state index is 0.101. The zero-order valence-electron chi connectivity index (χ0n) is 10.4. The third kappa shape index (κ3) is 4.90. The first-order chi connectivity index (χ1) is 8.63. The first-order valence-corrected chi connectivity index (χ1v) is 5.97. The smallest absolute Gasteiger partial charge is 0.239 e. The molecule has 0 aliphatic carbocycles. The number of hydrogen-bond donors (Lipinski definition) is 2. The molecule has 0 radical (unpaired) electrons. The zero-order chi connectivity index (χ0) is 13.4. The minimum Gasteiger partial charge on any atom is -0.368 e. The number of aromatic nitrogens is 2. The molecule has 98 valence electrons. The highest BCUT2D eigenvalue weighted by Crippen LogP contribution is 2.01. The van der Waals surface area contributed by atoms with E-state index in [1.165, 1.54) is 18.6 Å². The highest BCUT2D eigenvalue weighted by atomic mass is 16.2. The lowest BCUT2D eigenvalue weighted by atomic mass is 10.1. The second-order valence-electron chi connectivity index (χ2n) is 4.04. The van der Waals surface area contributed by atoms with E-state index in [0.29, 0.717) is 12.1 Å². The summed E-state index contributed by atoms with van der Waals surface area (Å²) in [6.07, 6.45) is 7.04. The number of rotatable bonds is 7. The van der Waals surface area contributed by atoms with Crippen LogP contribution in [0.2, 0.25) is 0 Å². The lowest BCUT2D eigenvalue weighted by Gasteiger charge is -2.14. The summed E-state index contributed by atoms with van der Waals surface area (Å²) in [6.45, 7) is 2.01. The van der Waals surface area contributed by atoms with Crippen LogP contribution in [0.15, 0.2) is 18.6 Å². The Morgan fingerprint density at radius 3 is 2.78 bits per heavy atom. The van der Waals surface area contributed by atoms with Crippen LogP contribution in [0.5, 0.6) is 0 Å². The van der Waals surface area contributed by atoms with Gasteiger partial charge in [-0.05, 0) is 6.42 Å². The second kappa shape index (κ2) is 7.37. The molecule has 3 N–H and O–H groups in total. The molecule has 1 unspecified atom stereocenters. The maximum absolute atomic E-state index is 11.7. The molecule has 2 amide bonds. The Balaban J connectivity index is 2.48. The molecule has 6 heteroatoms. The van der Waals surface area contributed by atoms with Gasteiger partial charge in [0.05, 0.1) is 12.1 Å². The molecule has 0 bridgehead atoms. The number of primary amides is 1. The van der Waals surface area contributed by atoms with Gasteiger partial charge in [0.1, 0.15) is 6.04 Å². The van der Waals surface area contributed by atoms with E-state index < -0.39 is 11.9 Å². The van der Waals surface area contributed by atoms with Gasteiger partial charge in [0.2, 0.25) is 11.8 Å². The molecule has 0 spiro atoms. The molecule has 6 nitrogen and oxygen atoms in total. The Labute approximate surface area is 106 Å². The van der Waals surface area contributed by atoms with Crippen molar-refractivity contribution in [2.75, 3.05) is 0 Å². The standard InChI is InChI=1S/C12H18N4O2/c1-2-3-4-10(12(13)18)16-11(17)7-9-8-14-5-6-15-9/h5-6,8,10H,2-4,7H2,1H3,(H2,13,18)(H,16,17). The molecular weight excluding hydrogens is 232 g/mol. The zero-order valence-corrected chi connectivity index (χ0v) is 10.4. The highest BCUT2D eigenvalue weighted by molar-refractivity contribution is 5.87. The average molecular weight is 250 g/mol. The van der Waals surface area contributed by atoms with E-state index in [9.17, 15) is 9.59 Å². The molecule has 0 saturated carbocycles. The van der Waals surface area contributed by atoms with Crippen molar-refractivity contribution in [1.82, 2.24) is 15.3 Å². The van der Waals surface area contributed by atoms with E-state index in [2.05, 4.69) is 15.3 Å². The lowest BCUT2D eigenvalue weighted by molar-refractivity contribution is -0.127. The Morgan fingerprint density at radius 1 is 1.44 bits per heavy atom. The lowest BCUT2D eigenvalue weighted by Crippen LogP contribution is -2.45. The van der Waals surface area contributed by atoms with Crippen molar-refractivity contribution >= 4 is 11.8 Å². The molecule has 1 heterocycles. The van der Waals surface area contributed by atoms with Gasteiger partial charge in [-0.1, -0.05) is 19.8 Å². The van der Waals surface area contributed by atoms with Crippen LogP contribution in [-0.4, -0.2) is 27.8 Å². The SMILES string of the molecule is CCCCC(NC(=O)Cc1cnccn1)C(N)=O. The van der Waals surface area contributed by atoms with Crippen LogP contribution in [0.3, 0.4) is 0 Å². The van der Waals surface area contributed by atoms with Crippen molar-refractivity contribution in [3.63, 3.8) is 0 Å². The summed E-state index contributed by atoms with van der Waals surface area (Å²) in [5, 5.41) is 2.62. The Kier molecular flexibility index (Phi) is 5.76. The molecule has 1 aromatic heterocycles. The van der Waals surface area contributed by atoms with Crippen molar-refractivity contribution in [3.05, 3.63) is 24.3 Å². The van der Waals surface area contributed by atoms with Crippen molar-refractivity contribution in [2.24, 2.45) is 5.73 Å². The van der Waals surface area contributed by atoms with E-state index in [4.69, 9.17) is 5.73 Å². The maximum atomic E-state index is 11.7. The number of amides is 2. The van der Waals surface area contributed by atoms with Crippen LogP contribution in [-0.2, 0) is 16.0 Å². The van der Waals surface area contributed by atoms with Crippen LogP contribution in [0.4, 0.5) is 0 Å². The molecule has 1 atom stereocenters. The number of nitrogens with two attached hydrogens (primary N) is 1. The minimum atomic E-state index is -0.603. The molecule has 0 fully saturated rings. The number of hydrogen-bond acceptors (Lipinski definition) is 4. The molecule has 1 rings (SSSR count). The van der Waals surface area contributed by atoms with Crippen molar-refractivity contribution < 1.29 is 9.59 Å². The Hall–Kier alpha value is -1.98. The summed E-state index contributed by atoms with van der Waals surface area (Å²) in [7, 11) is 0. The number of nitrogens with zero attached hydrogens (tertiary/aromatic N) is 2. The summed E-state index contributed by atoms with van der Waals surface area (Å²) in [5.74, 6) is -0.772. The van der Waals surface area contributed by atoms with Crippen LogP contribution >= 0.6 is 0 Å². The molecule has 0 aliphatic heterocycles. The van der Waals surface area contributed by atoms with Gasteiger partial charge in [0.15, 0.2) is 0 Å². The highest BCUT2D eigenvalue weighted by Gasteiger charge is 2.17. The molecule has 18 heavy (non-hydrogen) atoms. The van der Waals surface area contributed by atoms with Gasteiger partial charge in [-0.15, -0.1) is 0 Å². The number of carbonyl (C=O) groups is 2. The predicted molar refractivity (Wildman–Crippen MR) is 66.4 cm³/mol. The fourth-order valence-corrected chi connectivity index (χ4v) is 1.52. The van der Waals surface area contributed by atoms with Crippen LogP contribution in [0.25, 0.3) is 0 Å². The average Bonchev–Trinajstić information content (AvgIpc) is 2.35. The van der Waals surface area contributed by atoms with Crippen molar-refractivity contribution in [1.29, 1.82) is 0 Å². The normalized spacial score (nSPS) is 11.8. The van der Waals surface area contributed by atoms with Crippen molar-refractivity contribution in [2.45, 2.75) is 38.6 Å². The fraction of sp³-hybridized carbons (Fsp3) is 0.500. The van der Waals surface area contributed by atoms with Gasteiger partial charge in [0, 0.05) is 18.6 Å². The van der Waals surface area contributed by atoms with E-state index in [1.54, 1.807) is 0 Å². The third-order valence-electron chi connectivity index (χ3n) is 2.48. The summed E-state index contributed by atoms with van der Waals surface area (Å²) < 4.78 is 0. The van der Waals surface area contributed by atoms with Gasteiger partial charge in [-0.2, -0.15) is 0 Å². The van der Waals surface area contributed by atoms with E-state index in [-0.39, 0.29) is 12.3 Å². The third-order valence-corrected chi connectivity index (χ3v) is 2.48. The number of nitrogens with one attached hydrogen (secondary N) is 1. The van der Waals surface area contributed by atoms with E-state index in [0.717, 1.165) is 12.8 Å². The van der Waals surface area contributed by atoms with Gasteiger partial charge in [-0.3, -0.25) is 19.6 Å². The van der Waals surface area contributed by atoms with Crippen molar-refractivity contribution in [3.8, 4) is 0 Å². The van der Waals surface area contributed by atoms with Gasteiger partial charge in [0.25, 0.3) is 0 Å². The first-order valence-electron chi connectivity index (χ1n) is 5.97. The van der Waals surface area contributed by atoms with E-state index >= 15 is 0 Å². The van der Waals surface area contributed by atoms with Crippen LogP contribution in [0.1, 0.15) is 31.9 Å². The van der Waals surface area contributed by atoms with Gasteiger partial charge in [-0.25, -0.2) is 0 Å². The monoisotopic (exact) mass is 250 g/mol. The summed E-state index contributed by atoms with van der Waals surface area (Å²) in [6, 6.07) is -0.603. The number of unbranched alkanes of at least 4 members (excludes halogenated alkanes) is 1. The molecule has 0 aliphatic rings. The van der Waals surface area contributed by atoms with E-state index in [1.807, 2.05) is 6.92 Å². The first kappa shape index (κ1) is 14.1. The molecule has 1 aromatic rings. The second-order valence-corrected chi connectivity index (χ2v) is 4.04. The van der Waals surface area contributed by atoms with Gasteiger partial charge >= 0.3 is 0 Å². The van der Waals surface area contributed by atoms with Gasteiger partial charge < -0.3 is 11.1 Å². The van der Waals surface area contributed by atoms with Crippen LogP contribution < -0.4 is 11.1 Å². The Morgan fingerprint density at radius 2 is 2.22 bits per heavy atom. The number of carbonyl (C=O) groups excluding carboxylic acids is 2. The van der Waals surface area contributed by atoms with Crippen LogP contribution in [0, 0.1) is 0 Å². The predicted octanol–water partition coefficient (Wildman–Crippen LogP) is 0.179. The summed E-state index contributed by atoms with van der Waals surface area (Å²) >= 11 is 0. The largest absolute Gasteiger partial charge is 0.368 e. The topological polar surface area (TPSA) is 98.0 Å². The quantitative estimate of drug-likeness (QED) is 0.721. The Bertz CT molecular complexity index is 394. The summed E-state index contributed by atoms with van der Waals surface area (Å²) in [4.78, 5) is 30.7. The summed E-state index contributed by atoms with van der Waals surface area (Å²) in [5.41, 5.74) is 5.80. The maximum Gasteiger partial charge on any atom is 0.239 e. The molecule has 0 aromatic carbocycles. The molecule has 0 saturated heterocycles.